The summed E-state index contributed by atoms with van der Waals surface area (Å²) in [6.07, 6.45) is 6.44. The zero-order valence-corrected chi connectivity index (χ0v) is 10.4. The average Bonchev–Trinajstić information content (AvgIpc) is 2.37. The van der Waals surface area contributed by atoms with Gasteiger partial charge in [0.1, 0.15) is 0 Å². The maximum absolute atomic E-state index is 11.0. The number of esters is 1. The van der Waals surface area contributed by atoms with Gasteiger partial charge in [-0.15, -0.1) is 0 Å². The van der Waals surface area contributed by atoms with Crippen molar-refractivity contribution in [1.29, 1.82) is 0 Å². The molecule has 1 rings (SSSR count). The van der Waals surface area contributed by atoms with Crippen molar-refractivity contribution in [2.24, 2.45) is 0 Å². The Morgan fingerprint density at radius 2 is 2.17 bits per heavy atom. The van der Waals surface area contributed by atoms with E-state index in [2.05, 4.69) is 0 Å². The lowest BCUT2D eigenvalue weighted by Gasteiger charge is -2.03. The number of benzene rings is 1. The molecule has 0 spiro atoms. The summed E-state index contributed by atoms with van der Waals surface area (Å²) in [5.74, 6) is 0.133. The first-order valence-corrected chi connectivity index (χ1v) is 5.56. The van der Waals surface area contributed by atoms with Crippen molar-refractivity contribution in [3.63, 3.8) is 0 Å². The smallest absolute Gasteiger partial charge is 0.330 e. The molecular formula is C14H16O4. The van der Waals surface area contributed by atoms with Crippen molar-refractivity contribution >= 4 is 12.0 Å². The van der Waals surface area contributed by atoms with Crippen molar-refractivity contribution in [3.05, 3.63) is 42.0 Å². The van der Waals surface area contributed by atoms with Crippen LogP contribution < -0.4 is 4.74 Å². The van der Waals surface area contributed by atoms with E-state index >= 15 is 0 Å². The highest BCUT2D eigenvalue weighted by Gasteiger charge is 1.99. The SMILES string of the molecule is CCOC(=O)C=CC=Cc1ccc(O)c(OC)c1. The van der Waals surface area contributed by atoms with Crippen LogP contribution in [0, 0.1) is 0 Å². The Hall–Kier alpha value is -2.23. The van der Waals surface area contributed by atoms with Crippen LogP contribution in [0.2, 0.25) is 0 Å². The average molecular weight is 248 g/mol. The minimum Gasteiger partial charge on any atom is -0.504 e. The number of carbonyl (C=O) groups is 1. The Labute approximate surface area is 106 Å². The summed E-state index contributed by atoms with van der Waals surface area (Å²) in [5.41, 5.74) is 0.859. The van der Waals surface area contributed by atoms with E-state index in [4.69, 9.17) is 9.47 Å². The summed E-state index contributed by atoms with van der Waals surface area (Å²) in [7, 11) is 1.49. The van der Waals surface area contributed by atoms with Crippen LogP contribution in [0.25, 0.3) is 6.08 Å². The third-order valence-corrected chi connectivity index (χ3v) is 2.12. The Bertz CT molecular complexity index is 461. The van der Waals surface area contributed by atoms with Crippen LogP contribution in [-0.2, 0) is 9.53 Å². The molecule has 0 aliphatic carbocycles. The summed E-state index contributed by atoms with van der Waals surface area (Å²) < 4.78 is 9.72. The van der Waals surface area contributed by atoms with Crippen molar-refractivity contribution in [1.82, 2.24) is 0 Å². The molecule has 0 atom stereocenters. The fourth-order valence-corrected chi connectivity index (χ4v) is 1.29. The third-order valence-electron chi connectivity index (χ3n) is 2.12. The highest BCUT2D eigenvalue weighted by Crippen LogP contribution is 2.26. The molecule has 1 N–H and O–H groups in total. The fourth-order valence-electron chi connectivity index (χ4n) is 1.29. The van der Waals surface area contributed by atoms with Crippen LogP contribution in [0.4, 0.5) is 0 Å². The number of carbonyl (C=O) groups excluding carboxylic acids is 1. The topological polar surface area (TPSA) is 55.8 Å². The Balaban J connectivity index is 2.64. The number of phenols is 1. The number of methoxy groups -OCH3 is 1. The standard InChI is InChI=1S/C14H16O4/c1-3-18-14(16)7-5-4-6-11-8-9-12(15)13(10-11)17-2/h4-10,15H,3H2,1-2H3. The number of hydrogen-bond acceptors (Lipinski definition) is 4. The molecule has 0 radical (unpaired) electrons. The van der Waals surface area contributed by atoms with Crippen LogP contribution in [-0.4, -0.2) is 24.8 Å². The fraction of sp³-hybridized carbons (Fsp3) is 0.214. The molecule has 4 heteroatoms. The summed E-state index contributed by atoms with van der Waals surface area (Å²) >= 11 is 0. The van der Waals surface area contributed by atoms with E-state index < -0.39 is 0 Å². The first-order chi connectivity index (χ1) is 8.67. The third kappa shape index (κ3) is 4.33. The Morgan fingerprint density at radius 1 is 1.39 bits per heavy atom. The lowest BCUT2D eigenvalue weighted by molar-refractivity contribution is -0.137. The number of hydrogen-bond donors (Lipinski definition) is 1. The van der Waals surface area contributed by atoms with E-state index in [9.17, 15) is 9.90 Å². The summed E-state index contributed by atoms with van der Waals surface area (Å²) in [6, 6.07) is 4.99. The quantitative estimate of drug-likeness (QED) is 0.494. The van der Waals surface area contributed by atoms with Crippen molar-refractivity contribution < 1.29 is 19.4 Å². The number of ether oxygens (including phenoxy) is 2. The molecule has 1 aromatic carbocycles. The number of allylic oxidation sites excluding steroid dienone is 2. The van der Waals surface area contributed by atoms with Crippen LogP contribution in [0.5, 0.6) is 11.5 Å². The second-order valence-corrected chi connectivity index (χ2v) is 3.40. The molecule has 0 aromatic heterocycles. The molecule has 0 aliphatic rings. The molecule has 0 bridgehead atoms. The zero-order valence-electron chi connectivity index (χ0n) is 10.4. The molecule has 0 unspecified atom stereocenters. The van der Waals surface area contributed by atoms with Crippen LogP contribution in [0.15, 0.2) is 36.4 Å². The number of phenolic OH excluding ortho intramolecular Hbond substituents is 1. The molecule has 18 heavy (non-hydrogen) atoms. The molecule has 0 saturated heterocycles. The molecule has 0 aliphatic heterocycles. The minimum atomic E-state index is -0.370. The molecule has 0 saturated carbocycles. The molecule has 4 nitrogen and oxygen atoms in total. The van der Waals surface area contributed by atoms with Gasteiger partial charge in [-0.2, -0.15) is 0 Å². The van der Waals surface area contributed by atoms with Crippen molar-refractivity contribution in [2.75, 3.05) is 13.7 Å². The monoisotopic (exact) mass is 248 g/mol. The molecule has 0 amide bonds. The first-order valence-electron chi connectivity index (χ1n) is 5.56. The summed E-state index contributed by atoms with van der Waals surface area (Å²) in [4.78, 5) is 11.0. The highest BCUT2D eigenvalue weighted by molar-refractivity contribution is 5.82. The van der Waals surface area contributed by atoms with Gasteiger partial charge < -0.3 is 14.6 Å². The van der Waals surface area contributed by atoms with Crippen LogP contribution >= 0.6 is 0 Å². The summed E-state index contributed by atoms with van der Waals surface area (Å²) in [6.45, 7) is 2.12. The zero-order chi connectivity index (χ0) is 13.4. The Kier molecular flexibility index (Phi) is 5.51. The maximum Gasteiger partial charge on any atom is 0.330 e. The molecule has 96 valence electrons. The van der Waals surface area contributed by atoms with Gasteiger partial charge in [-0.3, -0.25) is 0 Å². The maximum atomic E-state index is 11.0. The lowest BCUT2D eigenvalue weighted by Crippen LogP contribution is -1.98. The summed E-state index contributed by atoms with van der Waals surface area (Å²) in [5, 5.41) is 9.41. The van der Waals surface area contributed by atoms with E-state index in [-0.39, 0.29) is 11.7 Å². The minimum absolute atomic E-state index is 0.0942. The van der Waals surface area contributed by atoms with Gasteiger partial charge in [0, 0.05) is 6.08 Å². The van der Waals surface area contributed by atoms with Gasteiger partial charge in [0.05, 0.1) is 13.7 Å². The van der Waals surface area contributed by atoms with Gasteiger partial charge in [0.25, 0.3) is 0 Å². The predicted octanol–water partition coefficient (Wildman–Crippen LogP) is 2.53. The van der Waals surface area contributed by atoms with E-state index in [1.807, 2.05) is 0 Å². The van der Waals surface area contributed by atoms with Gasteiger partial charge in [-0.05, 0) is 24.6 Å². The van der Waals surface area contributed by atoms with Gasteiger partial charge in [-0.25, -0.2) is 4.79 Å². The normalized spacial score (nSPS) is 11.0. The van der Waals surface area contributed by atoms with E-state index in [0.29, 0.717) is 12.4 Å². The lowest BCUT2D eigenvalue weighted by atomic mass is 10.2. The van der Waals surface area contributed by atoms with Gasteiger partial charge in [0.15, 0.2) is 11.5 Å². The largest absolute Gasteiger partial charge is 0.504 e. The predicted molar refractivity (Wildman–Crippen MR) is 69.5 cm³/mol. The number of rotatable bonds is 5. The molecule has 0 fully saturated rings. The molecule has 1 aromatic rings. The van der Waals surface area contributed by atoms with Gasteiger partial charge >= 0.3 is 5.97 Å². The molecular weight excluding hydrogens is 232 g/mol. The van der Waals surface area contributed by atoms with E-state index in [1.54, 1.807) is 43.4 Å². The Morgan fingerprint density at radius 3 is 2.83 bits per heavy atom. The van der Waals surface area contributed by atoms with Crippen molar-refractivity contribution in [2.45, 2.75) is 6.92 Å². The molecule has 0 heterocycles. The second kappa shape index (κ2) is 7.17. The van der Waals surface area contributed by atoms with Crippen LogP contribution in [0.1, 0.15) is 12.5 Å². The van der Waals surface area contributed by atoms with Gasteiger partial charge in [0.2, 0.25) is 0 Å². The van der Waals surface area contributed by atoms with E-state index in [0.717, 1.165) is 5.56 Å². The highest BCUT2D eigenvalue weighted by atomic mass is 16.5. The first kappa shape index (κ1) is 13.8. The van der Waals surface area contributed by atoms with Gasteiger partial charge in [-0.1, -0.05) is 24.3 Å². The number of aromatic hydroxyl groups is 1. The van der Waals surface area contributed by atoms with Crippen molar-refractivity contribution in [3.8, 4) is 11.5 Å². The van der Waals surface area contributed by atoms with E-state index in [1.165, 1.54) is 13.2 Å². The van der Waals surface area contributed by atoms with Crippen LogP contribution in [0.3, 0.4) is 0 Å². The second-order valence-electron chi connectivity index (χ2n) is 3.40.